The fraction of sp³-hybridized carbons (Fsp3) is 0.0500. The molecule has 1 aliphatic rings. The minimum absolute atomic E-state index is 0. The SMILES string of the molecule is Cc1ccc([C](=[Zr+2])c2ccc(Cl)cc2)cc1.[C-]1=CC=CC1.[Cl-].[Cl-].c1ccc2c(c1)[cH-]c1c3ccccc3c3ccccc3c21. The van der Waals surface area contributed by atoms with Gasteiger partial charge in [0.25, 0.3) is 0 Å². The summed E-state index contributed by atoms with van der Waals surface area (Å²) >= 11 is 7.30. The molecule has 7 aromatic carbocycles. The summed E-state index contributed by atoms with van der Waals surface area (Å²) in [6, 6.07) is 45.2. The van der Waals surface area contributed by atoms with Gasteiger partial charge in [0, 0.05) is 0 Å². The number of benzene rings is 6. The van der Waals surface area contributed by atoms with Crippen LogP contribution in [0.15, 0.2) is 146 Å². The van der Waals surface area contributed by atoms with E-state index < -0.39 is 0 Å². The Hall–Kier alpha value is -3.19. The molecule has 0 aliphatic heterocycles. The number of allylic oxidation sites excluding steroid dienone is 4. The number of rotatable bonds is 2. The Bertz CT molecular complexity index is 2030. The molecule has 0 radical (unpaired) electrons. The van der Waals surface area contributed by atoms with Crippen molar-refractivity contribution in [2.75, 3.05) is 0 Å². The smallest absolute Gasteiger partial charge is 0.0255 e. The average molecular weight is 707 g/mol. The summed E-state index contributed by atoms with van der Waals surface area (Å²) in [5, 5.41) is 11.6. The van der Waals surface area contributed by atoms with E-state index in [2.05, 4.69) is 134 Å². The molecule has 7 aromatic rings. The van der Waals surface area contributed by atoms with Gasteiger partial charge in [-0.2, -0.15) is 6.08 Å². The first-order valence-corrected chi connectivity index (χ1v) is 15.7. The first kappa shape index (κ1) is 33.7. The van der Waals surface area contributed by atoms with Crippen molar-refractivity contribution in [3.8, 4) is 0 Å². The molecule has 0 N–H and O–H groups in total. The van der Waals surface area contributed by atoms with E-state index in [1.807, 2.05) is 24.3 Å². The zero-order chi connectivity index (χ0) is 28.9. The predicted molar refractivity (Wildman–Crippen MR) is 179 cm³/mol. The molecule has 216 valence electrons. The Morgan fingerprint density at radius 2 is 1.18 bits per heavy atom. The van der Waals surface area contributed by atoms with E-state index in [0.717, 1.165) is 11.4 Å². The summed E-state index contributed by atoms with van der Waals surface area (Å²) in [5.41, 5.74) is 3.85. The molecule has 0 amide bonds. The van der Waals surface area contributed by atoms with Crippen LogP contribution in [0.2, 0.25) is 5.02 Å². The van der Waals surface area contributed by atoms with Crippen molar-refractivity contribution in [2.45, 2.75) is 13.3 Å². The molecular weight excluding hydrogens is 678 g/mol. The maximum Gasteiger partial charge on any atom is -0.0255 e. The Kier molecular flexibility index (Phi) is 12.0. The summed E-state index contributed by atoms with van der Waals surface area (Å²) in [6.07, 6.45) is 10.0. The van der Waals surface area contributed by atoms with Crippen LogP contribution in [0.4, 0.5) is 0 Å². The van der Waals surface area contributed by atoms with Gasteiger partial charge in [-0.3, -0.25) is 6.08 Å². The van der Waals surface area contributed by atoms with Crippen molar-refractivity contribution in [2.24, 2.45) is 0 Å². The van der Waals surface area contributed by atoms with Crippen LogP contribution < -0.4 is 24.8 Å². The van der Waals surface area contributed by atoms with Crippen molar-refractivity contribution in [3.05, 3.63) is 173 Å². The van der Waals surface area contributed by atoms with Crippen molar-refractivity contribution in [1.29, 1.82) is 0 Å². The molecule has 8 rings (SSSR count). The van der Waals surface area contributed by atoms with Gasteiger partial charge in [-0.1, -0.05) is 77.5 Å². The number of hydrogen-bond acceptors (Lipinski definition) is 0. The topological polar surface area (TPSA) is 0 Å². The van der Waals surface area contributed by atoms with E-state index in [9.17, 15) is 0 Å². The molecule has 0 nitrogen and oxygen atoms in total. The van der Waals surface area contributed by atoms with E-state index in [1.165, 1.54) is 87.2 Å². The number of halogens is 3. The molecule has 0 heterocycles. The molecule has 0 unspecified atom stereocenters. The standard InChI is InChI=1S/C21H13.C14H11Cl.C5H5.2ClH.Zr/c1-2-8-15-14(7-1)13-20-18-11-4-3-9-16(18)17-10-5-6-12-19(17)21(15)20;1-11-2-4-12(5-3-11)10-13-6-8-14(15)9-7-13;1-2-4-5-3-1;;;/h1-13H;2-9H,1H3;1-3H,4H2;2*1H;/q-1;;-1;;;+2/p-2. The summed E-state index contributed by atoms with van der Waals surface area (Å²) in [4.78, 5) is 0. The quantitative estimate of drug-likeness (QED) is 0.174. The summed E-state index contributed by atoms with van der Waals surface area (Å²) < 4.78 is 1.36. The van der Waals surface area contributed by atoms with Gasteiger partial charge < -0.3 is 24.8 Å². The summed E-state index contributed by atoms with van der Waals surface area (Å²) in [5.74, 6) is 0. The van der Waals surface area contributed by atoms with Crippen LogP contribution >= 0.6 is 11.6 Å². The fourth-order valence-corrected chi connectivity index (χ4v) is 6.40. The van der Waals surface area contributed by atoms with Crippen LogP contribution in [-0.4, -0.2) is 3.21 Å². The van der Waals surface area contributed by atoms with Crippen LogP contribution in [0.25, 0.3) is 43.1 Å². The zero-order valence-corrected chi connectivity index (χ0v) is 28.9. The van der Waals surface area contributed by atoms with Crippen molar-refractivity contribution < 1.29 is 49.0 Å². The predicted octanol–water partition coefficient (Wildman–Crippen LogP) is 5.10. The van der Waals surface area contributed by atoms with E-state index in [0.29, 0.717) is 0 Å². The molecule has 0 spiro atoms. The normalized spacial score (nSPS) is 11.4. The van der Waals surface area contributed by atoms with Crippen LogP contribution in [0.1, 0.15) is 23.1 Å². The molecule has 0 saturated heterocycles. The van der Waals surface area contributed by atoms with E-state index in [4.69, 9.17) is 11.6 Å². The second-order valence-electron chi connectivity index (χ2n) is 10.4. The second kappa shape index (κ2) is 15.7. The molecule has 1 aliphatic carbocycles. The Balaban J connectivity index is 0.000000171. The van der Waals surface area contributed by atoms with Gasteiger partial charge in [-0.25, -0.2) is 12.2 Å². The van der Waals surface area contributed by atoms with Crippen LogP contribution in [0.5, 0.6) is 0 Å². The number of aryl methyl sites for hydroxylation is 1. The third kappa shape index (κ3) is 7.36. The van der Waals surface area contributed by atoms with Gasteiger partial charge in [0.1, 0.15) is 0 Å². The third-order valence-corrected chi connectivity index (χ3v) is 9.23. The molecule has 0 fully saturated rings. The summed E-state index contributed by atoms with van der Waals surface area (Å²) in [6.45, 7) is 2.11. The van der Waals surface area contributed by atoms with Gasteiger partial charge in [-0.05, 0) is 10.8 Å². The monoisotopic (exact) mass is 704 g/mol. The van der Waals surface area contributed by atoms with Crippen LogP contribution in [0, 0.1) is 13.0 Å². The third-order valence-electron chi connectivity index (χ3n) is 7.56. The maximum atomic E-state index is 5.88. The zero-order valence-electron chi connectivity index (χ0n) is 24.2. The minimum atomic E-state index is 0. The Morgan fingerprint density at radius 1 is 0.659 bits per heavy atom. The van der Waals surface area contributed by atoms with Gasteiger partial charge in [0.05, 0.1) is 0 Å². The molecule has 0 saturated carbocycles. The maximum absolute atomic E-state index is 5.88. The fourth-order valence-electron chi connectivity index (χ4n) is 5.46. The molecule has 4 heteroatoms. The van der Waals surface area contributed by atoms with E-state index in [1.54, 1.807) is 0 Å². The van der Waals surface area contributed by atoms with Gasteiger partial charge in [0.2, 0.25) is 0 Å². The molecule has 0 atom stereocenters. The number of hydrogen-bond donors (Lipinski definition) is 0. The van der Waals surface area contributed by atoms with E-state index >= 15 is 0 Å². The van der Waals surface area contributed by atoms with E-state index in [-0.39, 0.29) is 24.8 Å². The Labute approximate surface area is 291 Å². The summed E-state index contributed by atoms with van der Waals surface area (Å²) in [7, 11) is 0. The van der Waals surface area contributed by atoms with Gasteiger partial charge in [-0.15, -0.1) is 40.1 Å². The minimum Gasteiger partial charge on any atom is -1.00 e. The largest absolute Gasteiger partial charge is 1.00 e. The molecule has 0 aromatic heterocycles. The Morgan fingerprint density at radius 3 is 1.75 bits per heavy atom. The van der Waals surface area contributed by atoms with Gasteiger partial charge in [0.15, 0.2) is 0 Å². The van der Waals surface area contributed by atoms with Crippen LogP contribution in [-0.2, 0) is 24.2 Å². The molecule has 44 heavy (non-hydrogen) atoms. The molecular formula is C40H29Cl3Zr-2. The first-order chi connectivity index (χ1) is 20.6. The number of fused-ring (bicyclic) bond motifs is 8. The van der Waals surface area contributed by atoms with Crippen molar-refractivity contribution in [3.63, 3.8) is 0 Å². The first-order valence-electron chi connectivity index (χ1n) is 14.1. The average Bonchev–Trinajstić information content (AvgIpc) is 3.75. The van der Waals surface area contributed by atoms with Gasteiger partial charge >= 0.3 is 116 Å². The van der Waals surface area contributed by atoms with Crippen molar-refractivity contribution >= 4 is 57.9 Å². The second-order valence-corrected chi connectivity index (χ2v) is 12.0. The van der Waals surface area contributed by atoms with Crippen LogP contribution in [0.3, 0.4) is 0 Å². The molecule has 0 bridgehead atoms. The van der Waals surface area contributed by atoms with Crippen molar-refractivity contribution in [1.82, 2.24) is 0 Å².